The average molecular weight is 497 g/mol. The summed E-state index contributed by atoms with van der Waals surface area (Å²) in [6, 6.07) is 14.2. The number of benzene rings is 2. The van der Waals surface area contributed by atoms with Gasteiger partial charge in [-0.1, -0.05) is 28.1 Å². The van der Waals surface area contributed by atoms with Crippen molar-refractivity contribution < 1.29 is 4.79 Å². The van der Waals surface area contributed by atoms with Gasteiger partial charge >= 0.3 is 6.03 Å². The van der Waals surface area contributed by atoms with Crippen molar-refractivity contribution in [2.45, 2.75) is 44.7 Å². The number of hydrogen-bond acceptors (Lipinski definition) is 5. The topological polar surface area (TPSA) is 82.2 Å². The number of aromatic nitrogens is 2. The lowest BCUT2D eigenvalue weighted by molar-refractivity contribution is 0.243. The van der Waals surface area contributed by atoms with Crippen molar-refractivity contribution in [3.63, 3.8) is 0 Å². The zero-order chi connectivity index (χ0) is 22.7. The molecular formula is C24H29BrN6O. The average Bonchev–Trinajstić information content (AvgIpc) is 2.76. The number of hydrogen-bond donors (Lipinski definition) is 3. The van der Waals surface area contributed by atoms with Crippen LogP contribution in [0.2, 0.25) is 0 Å². The van der Waals surface area contributed by atoms with Crippen LogP contribution < -0.4 is 20.9 Å². The predicted octanol–water partition coefficient (Wildman–Crippen LogP) is 5.31. The highest BCUT2D eigenvalue weighted by molar-refractivity contribution is 9.10. The third-order valence-corrected chi connectivity index (χ3v) is 6.33. The molecule has 168 valence electrons. The van der Waals surface area contributed by atoms with Gasteiger partial charge in [0.15, 0.2) is 0 Å². The number of anilines is 3. The van der Waals surface area contributed by atoms with Crippen LogP contribution in [0.4, 0.5) is 22.2 Å². The van der Waals surface area contributed by atoms with Gasteiger partial charge in [0.2, 0.25) is 5.95 Å². The van der Waals surface area contributed by atoms with Crippen molar-refractivity contribution in [1.82, 2.24) is 15.3 Å². The van der Waals surface area contributed by atoms with Crippen molar-refractivity contribution >= 4 is 50.3 Å². The molecule has 3 N–H and O–H groups in total. The van der Waals surface area contributed by atoms with E-state index in [1.165, 1.54) is 0 Å². The third-order valence-electron chi connectivity index (χ3n) is 5.84. The molecule has 0 saturated heterocycles. The summed E-state index contributed by atoms with van der Waals surface area (Å²) in [5, 5.41) is 10.6. The van der Waals surface area contributed by atoms with Crippen LogP contribution in [0.25, 0.3) is 10.9 Å². The number of amides is 2. The van der Waals surface area contributed by atoms with Gasteiger partial charge in [-0.3, -0.25) is 0 Å². The van der Waals surface area contributed by atoms with Crippen molar-refractivity contribution in [3.8, 4) is 0 Å². The van der Waals surface area contributed by atoms with Crippen molar-refractivity contribution in [2.24, 2.45) is 0 Å². The van der Waals surface area contributed by atoms with Crippen LogP contribution in [-0.2, 0) is 0 Å². The van der Waals surface area contributed by atoms with Crippen LogP contribution in [0.3, 0.4) is 0 Å². The molecule has 4 rings (SSSR count). The Balaban J connectivity index is 1.32. The van der Waals surface area contributed by atoms with Gasteiger partial charge in [0.25, 0.3) is 0 Å². The van der Waals surface area contributed by atoms with E-state index >= 15 is 0 Å². The Kier molecular flexibility index (Phi) is 6.79. The van der Waals surface area contributed by atoms with Gasteiger partial charge in [-0.15, -0.1) is 0 Å². The van der Waals surface area contributed by atoms with E-state index in [0.717, 1.165) is 58.1 Å². The van der Waals surface area contributed by atoms with Gasteiger partial charge in [0.1, 0.15) is 5.82 Å². The SMILES string of the molecule is Cc1cc(Br)ccc1NC(=O)N[C@H]1CC[C@@H](Nc2nc(N(C)C)c3ccccc3n2)CC1. The van der Waals surface area contributed by atoms with Crippen LogP contribution in [0.15, 0.2) is 46.9 Å². The van der Waals surface area contributed by atoms with Crippen LogP contribution in [0.5, 0.6) is 0 Å². The maximum absolute atomic E-state index is 12.4. The summed E-state index contributed by atoms with van der Waals surface area (Å²) in [5.74, 6) is 1.57. The highest BCUT2D eigenvalue weighted by Gasteiger charge is 2.23. The van der Waals surface area contributed by atoms with E-state index in [2.05, 4.69) is 31.9 Å². The second kappa shape index (κ2) is 9.73. The molecule has 8 heteroatoms. The van der Waals surface area contributed by atoms with Crippen LogP contribution in [0.1, 0.15) is 31.2 Å². The summed E-state index contributed by atoms with van der Waals surface area (Å²) in [4.78, 5) is 23.9. The fraction of sp³-hybridized carbons (Fsp3) is 0.375. The van der Waals surface area contributed by atoms with Gasteiger partial charge in [0.05, 0.1) is 5.52 Å². The Bertz CT molecular complexity index is 1110. The number of carbonyl (C=O) groups is 1. The van der Waals surface area contributed by atoms with E-state index in [1.54, 1.807) is 0 Å². The van der Waals surface area contributed by atoms with Gasteiger partial charge in [-0.25, -0.2) is 9.78 Å². The number of aryl methyl sites for hydroxylation is 1. The number of para-hydroxylation sites is 1. The highest BCUT2D eigenvalue weighted by Crippen LogP contribution is 2.26. The third kappa shape index (κ3) is 5.30. The standard InChI is InChI=1S/C24H29BrN6O/c1-15-14-16(25)8-13-20(15)29-24(32)27-18-11-9-17(10-12-18)26-23-28-21-7-5-4-6-19(21)22(30-23)31(2)3/h4-8,13-14,17-18H,9-12H2,1-3H3,(H,26,28,30)(H2,27,29,32)/t17-,18+. The Morgan fingerprint density at radius 3 is 2.47 bits per heavy atom. The molecule has 3 aromatic rings. The minimum atomic E-state index is -0.152. The molecule has 1 saturated carbocycles. The molecule has 0 bridgehead atoms. The lowest BCUT2D eigenvalue weighted by Gasteiger charge is -2.30. The zero-order valence-electron chi connectivity index (χ0n) is 18.7. The van der Waals surface area contributed by atoms with E-state index in [4.69, 9.17) is 9.97 Å². The molecule has 1 fully saturated rings. The van der Waals surface area contributed by atoms with Crippen molar-refractivity contribution in [2.75, 3.05) is 29.6 Å². The minimum absolute atomic E-state index is 0.152. The molecule has 1 aromatic heterocycles. The number of nitrogens with zero attached hydrogens (tertiary/aromatic N) is 3. The molecule has 0 radical (unpaired) electrons. The molecule has 32 heavy (non-hydrogen) atoms. The molecule has 1 aliphatic carbocycles. The molecule has 0 unspecified atom stereocenters. The molecule has 2 aromatic carbocycles. The summed E-state index contributed by atoms with van der Waals surface area (Å²) in [7, 11) is 3.99. The Morgan fingerprint density at radius 2 is 1.75 bits per heavy atom. The second-order valence-corrected chi connectivity index (χ2v) is 9.45. The molecule has 0 spiro atoms. The first-order valence-electron chi connectivity index (χ1n) is 10.9. The lowest BCUT2D eigenvalue weighted by atomic mass is 9.91. The first-order chi connectivity index (χ1) is 15.4. The van der Waals surface area contributed by atoms with Crippen LogP contribution >= 0.6 is 15.9 Å². The van der Waals surface area contributed by atoms with E-state index in [9.17, 15) is 4.79 Å². The largest absolute Gasteiger partial charge is 0.362 e. The van der Waals surface area contributed by atoms with E-state index in [1.807, 2.05) is 68.4 Å². The number of urea groups is 1. The molecule has 0 aliphatic heterocycles. The minimum Gasteiger partial charge on any atom is -0.362 e. The summed E-state index contributed by atoms with van der Waals surface area (Å²) < 4.78 is 1.000. The molecule has 1 heterocycles. The number of rotatable bonds is 5. The summed E-state index contributed by atoms with van der Waals surface area (Å²) in [6.07, 6.45) is 3.74. The van der Waals surface area contributed by atoms with Crippen molar-refractivity contribution in [3.05, 3.63) is 52.5 Å². The molecule has 2 amide bonds. The number of halogens is 1. The smallest absolute Gasteiger partial charge is 0.319 e. The summed E-state index contributed by atoms with van der Waals surface area (Å²) >= 11 is 3.45. The first-order valence-corrected chi connectivity index (χ1v) is 11.7. The fourth-order valence-corrected chi connectivity index (χ4v) is 4.62. The Hall–Kier alpha value is -2.87. The zero-order valence-corrected chi connectivity index (χ0v) is 20.2. The first kappa shape index (κ1) is 22.3. The van der Waals surface area contributed by atoms with Gasteiger partial charge in [-0.05, 0) is 68.5 Å². The Labute approximate surface area is 197 Å². The number of nitrogens with one attached hydrogen (secondary N) is 3. The Morgan fingerprint density at radius 1 is 1.03 bits per heavy atom. The van der Waals surface area contributed by atoms with Gasteiger partial charge in [-0.2, -0.15) is 4.98 Å². The predicted molar refractivity (Wildman–Crippen MR) is 135 cm³/mol. The molecule has 7 nitrogen and oxygen atoms in total. The maximum Gasteiger partial charge on any atom is 0.319 e. The van der Waals surface area contributed by atoms with E-state index in [0.29, 0.717) is 12.0 Å². The van der Waals surface area contributed by atoms with E-state index < -0.39 is 0 Å². The quantitative estimate of drug-likeness (QED) is 0.445. The van der Waals surface area contributed by atoms with E-state index in [-0.39, 0.29) is 12.1 Å². The second-order valence-electron chi connectivity index (χ2n) is 8.53. The number of carbonyl (C=O) groups excluding carboxylic acids is 1. The van der Waals surface area contributed by atoms with Crippen LogP contribution in [0, 0.1) is 6.92 Å². The summed E-state index contributed by atoms with van der Waals surface area (Å²) in [5.41, 5.74) is 2.78. The van der Waals surface area contributed by atoms with Gasteiger partial charge in [0, 0.05) is 41.7 Å². The fourth-order valence-electron chi connectivity index (χ4n) is 4.14. The highest BCUT2D eigenvalue weighted by atomic mass is 79.9. The lowest BCUT2D eigenvalue weighted by Crippen LogP contribution is -2.42. The summed E-state index contributed by atoms with van der Waals surface area (Å²) in [6.45, 7) is 1.98. The normalized spacial score (nSPS) is 18.2. The molecule has 1 aliphatic rings. The molecule has 0 atom stereocenters. The monoisotopic (exact) mass is 496 g/mol. The number of fused-ring (bicyclic) bond motifs is 1. The maximum atomic E-state index is 12.4. The van der Waals surface area contributed by atoms with Crippen LogP contribution in [-0.4, -0.2) is 42.2 Å². The van der Waals surface area contributed by atoms with Crippen molar-refractivity contribution in [1.29, 1.82) is 0 Å². The molecular weight excluding hydrogens is 468 g/mol. The van der Waals surface area contributed by atoms with Gasteiger partial charge < -0.3 is 20.9 Å².